The molecule has 1 fully saturated rings. The zero-order valence-corrected chi connectivity index (χ0v) is 11.0. The van der Waals surface area contributed by atoms with Crippen LogP contribution in [0.4, 0.5) is 18.9 Å². The molecule has 2 heterocycles. The van der Waals surface area contributed by atoms with Crippen molar-refractivity contribution in [2.75, 3.05) is 11.9 Å². The second-order valence-electron chi connectivity index (χ2n) is 4.99. The summed E-state index contributed by atoms with van der Waals surface area (Å²) in [6, 6.07) is 1.97. The molecular weight excluding hydrogens is 271 g/mol. The lowest BCUT2D eigenvalue weighted by Crippen LogP contribution is -2.35. The predicted molar refractivity (Wildman–Crippen MR) is 68.4 cm³/mol. The number of aromatic nitrogens is 1. The quantitative estimate of drug-likeness (QED) is 0.878. The van der Waals surface area contributed by atoms with Gasteiger partial charge in [-0.05, 0) is 43.9 Å². The van der Waals surface area contributed by atoms with E-state index >= 15 is 0 Å². The van der Waals surface area contributed by atoms with E-state index in [0.717, 1.165) is 19.4 Å². The van der Waals surface area contributed by atoms with Crippen molar-refractivity contribution in [3.63, 3.8) is 0 Å². The summed E-state index contributed by atoms with van der Waals surface area (Å²) in [5, 5.41) is 5.20. The number of pyridine rings is 1. The SMILES string of the molecule is CC1CC(c2ccncc2NC(=O)C(F)(F)F)CCN1. The van der Waals surface area contributed by atoms with Crippen molar-refractivity contribution in [3.8, 4) is 0 Å². The number of piperidine rings is 1. The molecule has 2 N–H and O–H groups in total. The molecule has 2 rings (SSSR count). The first-order valence-electron chi connectivity index (χ1n) is 6.43. The molecule has 2 atom stereocenters. The van der Waals surface area contributed by atoms with Gasteiger partial charge in [0.25, 0.3) is 0 Å². The highest BCUT2D eigenvalue weighted by atomic mass is 19.4. The van der Waals surface area contributed by atoms with E-state index in [4.69, 9.17) is 0 Å². The van der Waals surface area contributed by atoms with Crippen LogP contribution >= 0.6 is 0 Å². The Morgan fingerprint density at radius 2 is 2.25 bits per heavy atom. The molecule has 4 nitrogen and oxygen atoms in total. The summed E-state index contributed by atoms with van der Waals surface area (Å²) in [4.78, 5) is 14.9. The molecule has 7 heteroatoms. The summed E-state index contributed by atoms with van der Waals surface area (Å²) in [6.45, 7) is 2.84. The summed E-state index contributed by atoms with van der Waals surface area (Å²) in [5.41, 5.74) is 0.861. The molecule has 110 valence electrons. The van der Waals surface area contributed by atoms with Gasteiger partial charge in [0.1, 0.15) is 0 Å². The topological polar surface area (TPSA) is 54.0 Å². The number of alkyl halides is 3. The highest BCUT2D eigenvalue weighted by molar-refractivity contribution is 5.95. The van der Waals surface area contributed by atoms with Gasteiger partial charge in [0.15, 0.2) is 0 Å². The molecule has 1 aliphatic heterocycles. The van der Waals surface area contributed by atoms with E-state index in [9.17, 15) is 18.0 Å². The number of halogens is 3. The molecule has 0 aliphatic carbocycles. The molecule has 2 unspecified atom stereocenters. The lowest BCUT2D eigenvalue weighted by atomic mass is 9.86. The Balaban J connectivity index is 2.20. The van der Waals surface area contributed by atoms with Gasteiger partial charge < -0.3 is 10.6 Å². The standard InChI is InChI=1S/C13H16F3N3O/c1-8-6-9(2-5-18-8)10-3-4-17-7-11(10)19-12(20)13(14,15)16/h3-4,7-9,18H,2,5-6H2,1H3,(H,19,20). The van der Waals surface area contributed by atoms with Gasteiger partial charge in [-0.2, -0.15) is 13.2 Å². The van der Waals surface area contributed by atoms with E-state index in [1.54, 1.807) is 6.07 Å². The smallest absolute Gasteiger partial charge is 0.317 e. The number of nitrogens with zero attached hydrogens (tertiary/aromatic N) is 1. The van der Waals surface area contributed by atoms with E-state index in [0.29, 0.717) is 11.6 Å². The number of hydrogen-bond acceptors (Lipinski definition) is 3. The summed E-state index contributed by atoms with van der Waals surface area (Å²) in [7, 11) is 0. The summed E-state index contributed by atoms with van der Waals surface area (Å²) < 4.78 is 37.0. The third kappa shape index (κ3) is 3.47. The van der Waals surface area contributed by atoms with Gasteiger partial charge in [-0.15, -0.1) is 0 Å². The van der Waals surface area contributed by atoms with Crippen LogP contribution in [0.25, 0.3) is 0 Å². The van der Waals surface area contributed by atoms with Crippen LogP contribution in [0.3, 0.4) is 0 Å². The normalized spacial score (nSPS) is 23.4. The fourth-order valence-corrected chi connectivity index (χ4v) is 2.47. The Kier molecular flexibility index (Phi) is 4.27. The number of anilines is 1. The van der Waals surface area contributed by atoms with Gasteiger partial charge >= 0.3 is 12.1 Å². The van der Waals surface area contributed by atoms with Gasteiger partial charge in [0.2, 0.25) is 0 Å². The minimum atomic E-state index is -4.89. The van der Waals surface area contributed by atoms with Crippen LogP contribution in [0.5, 0.6) is 0 Å². The maximum Gasteiger partial charge on any atom is 0.471 e. The molecule has 0 aromatic carbocycles. The average Bonchev–Trinajstić information content (AvgIpc) is 2.38. The maximum atomic E-state index is 12.3. The molecule has 0 saturated carbocycles. The monoisotopic (exact) mass is 287 g/mol. The second kappa shape index (κ2) is 5.78. The van der Waals surface area contributed by atoms with Gasteiger partial charge in [-0.1, -0.05) is 0 Å². The molecule has 1 aromatic rings. The van der Waals surface area contributed by atoms with Gasteiger partial charge in [-0.3, -0.25) is 9.78 Å². The first-order chi connectivity index (χ1) is 9.38. The largest absolute Gasteiger partial charge is 0.471 e. The number of carbonyl (C=O) groups is 1. The van der Waals surface area contributed by atoms with Gasteiger partial charge in [-0.25, -0.2) is 0 Å². The molecule has 0 spiro atoms. The van der Waals surface area contributed by atoms with Crippen molar-refractivity contribution in [2.24, 2.45) is 0 Å². The lowest BCUT2D eigenvalue weighted by Gasteiger charge is -2.29. The molecule has 1 aliphatic rings. The van der Waals surface area contributed by atoms with E-state index in [-0.39, 0.29) is 11.6 Å². The van der Waals surface area contributed by atoms with Crippen LogP contribution in [0.2, 0.25) is 0 Å². The molecule has 1 amide bonds. The number of rotatable bonds is 2. The van der Waals surface area contributed by atoms with Crippen LogP contribution < -0.4 is 10.6 Å². The summed E-state index contributed by atoms with van der Waals surface area (Å²) in [6.07, 6.45) is -0.451. The lowest BCUT2D eigenvalue weighted by molar-refractivity contribution is -0.167. The van der Waals surface area contributed by atoms with Crippen LogP contribution in [-0.4, -0.2) is 29.7 Å². The minimum absolute atomic E-state index is 0.123. The second-order valence-corrected chi connectivity index (χ2v) is 4.99. The Morgan fingerprint density at radius 3 is 2.90 bits per heavy atom. The Hall–Kier alpha value is -1.63. The van der Waals surface area contributed by atoms with Crippen molar-refractivity contribution >= 4 is 11.6 Å². The van der Waals surface area contributed by atoms with Crippen molar-refractivity contribution in [3.05, 3.63) is 24.0 Å². The first kappa shape index (κ1) is 14.8. The van der Waals surface area contributed by atoms with Crippen molar-refractivity contribution < 1.29 is 18.0 Å². The molecule has 0 radical (unpaired) electrons. The highest BCUT2D eigenvalue weighted by Gasteiger charge is 2.39. The van der Waals surface area contributed by atoms with Gasteiger partial charge in [0.05, 0.1) is 11.9 Å². The fraction of sp³-hybridized carbons (Fsp3) is 0.538. The third-order valence-electron chi connectivity index (χ3n) is 3.42. The van der Waals surface area contributed by atoms with Crippen molar-refractivity contribution in [1.29, 1.82) is 0 Å². The van der Waals surface area contributed by atoms with E-state index in [1.807, 2.05) is 12.2 Å². The highest BCUT2D eigenvalue weighted by Crippen LogP contribution is 2.32. The molecular formula is C13H16F3N3O. The molecule has 0 bridgehead atoms. The number of carbonyl (C=O) groups excluding carboxylic acids is 1. The van der Waals surface area contributed by atoms with Crippen molar-refractivity contribution in [1.82, 2.24) is 10.3 Å². The van der Waals surface area contributed by atoms with Crippen LogP contribution in [0.1, 0.15) is 31.2 Å². The van der Waals surface area contributed by atoms with E-state index < -0.39 is 12.1 Å². The van der Waals surface area contributed by atoms with Crippen LogP contribution in [0.15, 0.2) is 18.5 Å². The first-order valence-corrected chi connectivity index (χ1v) is 6.43. The fourth-order valence-electron chi connectivity index (χ4n) is 2.47. The number of nitrogens with one attached hydrogen (secondary N) is 2. The third-order valence-corrected chi connectivity index (χ3v) is 3.42. The van der Waals surface area contributed by atoms with Gasteiger partial charge in [0, 0.05) is 12.2 Å². The Bertz CT molecular complexity index is 490. The average molecular weight is 287 g/mol. The molecule has 1 aromatic heterocycles. The summed E-state index contributed by atoms with van der Waals surface area (Å²) in [5.74, 6) is -1.84. The zero-order chi connectivity index (χ0) is 14.8. The Morgan fingerprint density at radius 1 is 1.50 bits per heavy atom. The Labute approximate surface area is 114 Å². The van der Waals surface area contributed by atoms with E-state index in [2.05, 4.69) is 10.3 Å². The van der Waals surface area contributed by atoms with Crippen LogP contribution in [-0.2, 0) is 4.79 Å². The van der Waals surface area contributed by atoms with Crippen LogP contribution in [0, 0.1) is 0 Å². The maximum absolute atomic E-state index is 12.3. The minimum Gasteiger partial charge on any atom is -0.317 e. The predicted octanol–water partition coefficient (Wildman–Crippen LogP) is 2.44. The van der Waals surface area contributed by atoms with E-state index in [1.165, 1.54) is 12.4 Å². The number of amides is 1. The number of hydrogen-bond donors (Lipinski definition) is 2. The summed E-state index contributed by atoms with van der Waals surface area (Å²) >= 11 is 0. The molecule has 20 heavy (non-hydrogen) atoms. The molecule has 1 saturated heterocycles. The zero-order valence-electron chi connectivity index (χ0n) is 11.0. The van der Waals surface area contributed by atoms with Crippen molar-refractivity contribution in [2.45, 2.75) is 37.9 Å².